The molecule has 0 aromatic heterocycles. The minimum atomic E-state index is -3.22. The van der Waals surface area contributed by atoms with E-state index in [0.29, 0.717) is 13.1 Å². The van der Waals surface area contributed by atoms with E-state index in [9.17, 15) is 13.2 Å². The molecule has 2 N–H and O–H groups in total. The summed E-state index contributed by atoms with van der Waals surface area (Å²) in [6.45, 7) is 4.67. The van der Waals surface area contributed by atoms with Crippen LogP contribution >= 0.6 is 0 Å². The second kappa shape index (κ2) is 6.19. The van der Waals surface area contributed by atoms with Crippen molar-refractivity contribution in [2.45, 2.75) is 44.7 Å². The molecular weight excluding hydrogens is 266 g/mol. The highest BCUT2D eigenvalue weighted by Gasteiger charge is 2.35. The molecule has 1 atom stereocenters. The molecule has 0 bridgehead atoms. The van der Waals surface area contributed by atoms with Crippen LogP contribution in [0.15, 0.2) is 0 Å². The van der Waals surface area contributed by atoms with Gasteiger partial charge < -0.3 is 10.2 Å². The van der Waals surface area contributed by atoms with E-state index < -0.39 is 15.6 Å². The molecule has 0 spiro atoms. The van der Waals surface area contributed by atoms with E-state index in [1.807, 2.05) is 13.8 Å². The summed E-state index contributed by atoms with van der Waals surface area (Å²) < 4.78 is 24.9. The van der Waals surface area contributed by atoms with Crippen molar-refractivity contribution in [2.75, 3.05) is 26.4 Å². The Morgan fingerprint density at radius 1 is 1.37 bits per heavy atom. The van der Waals surface area contributed by atoms with Crippen LogP contribution in [-0.4, -0.2) is 57.2 Å². The molecule has 0 aromatic rings. The number of rotatable bonds is 5. The average Bonchev–Trinajstić information content (AvgIpc) is 2.35. The van der Waals surface area contributed by atoms with Crippen LogP contribution in [0.2, 0.25) is 0 Å². The molecule has 0 radical (unpaired) electrons. The van der Waals surface area contributed by atoms with Crippen molar-refractivity contribution in [3.63, 3.8) is 0 Å². The summed E-state index contributed by atoms with van der Waals surface area (Å²) in [7, 11) is -1.46. The van der Waals surface area contributed by atoms with Gasteiger partial charge in [0.1, 0.15) is 0 Å². The number of carbonyl (C=O) groups is 1. The van der Waals surface area contributed by atoms with Crippen molar-refractivity contribution in [3.8, 4) is 0 Å². The highest BCUT2D eigenvalue weighted by molar-refractivity contribution is 7.88. The van der Waals surface area contributed by atoms with E-state index in [-0.39, 0.29) is 11.9 Å². The summed E-state index contributed by atoms with van der Waals surface area (Å²) in [5, 5.41) is 3.00. The fraction of sp³-hybridized carbons (Fsp3) is 0.917. The monoisotopic (exact) mass is 291 g/mol. The summed E-state index contributed by atoms with van der Waals surface area (Å²) in [5.74, 6) is 0.0231. The van der Waals surface area contributed by atoms with Gasteiger partial charge in [0.25, 0.3) is 0 Å². The Hall–Kier alpha value is -0.660. The number of hydrogen-bond acceptors (Lipinski definition) is 4. The largest absolute Gasteiger partial charge is 0.337 e. The van der Waals surface area contributed by atoms with Gasteiger partial charge in [0.2, 0.25) is 15.9 Å². The number of hydrogen-bond donors (Lipinski definition) is 2. The van der Waals surface area contributed by atoms with Gasteiger partial charge in [-0.3, -0.25) is 4.79 Å². The Labute approximate surface area is 116 Å². The molecule has 0 saturated carbocycles. The van der Waals surface area contributed by atoms with Crippen LogP contribution in [0.5, 0.6) is 0 Å². The third-order valence-electron chi connectivity index (χ3n) is 3.63. The highest BCUT2D eigenvalue weighted by Crippen LogP contribution is 2.20. The normalized spacial score (nSPS) is 21.5. The summed E-state index contributed by atoms with van der Waals surface area (Å²) in [4.78, 5) is 14.3. The molecule has 1 aliphatic heterocycles. The molecule has 19 heavy (non-hydrogen) atoms. The number of carbonyl (C=O) groups excluding carboxylic acids is 1. The van der Waals surface area contributed by atoms with Crippen LogP contribution in [0.4, 0.5) is 0 Å². The van der Waals surface area contributed by atoms with Gasteiger partial charge in [0, 0.05) is 19.1 Å². The molecule has 0 aliphatic carbocycles. The zero-order valence-corrected chi connectivity index (χ0v) is 13.0. The first-order valence-corrected chi connectivity index (χ1v) is 8.51. The summed E-state index contributed by atoms with van der Waals surface area (Å²) in [6, 6.07) is -0.0522. The predicted molar refractivity (Wildman–Crippen MR) is 75.3 cm³/mol. The van der Waals surface area contributed by atoms with Gasteiger partial charge >= 0.3 is 0 Å². The minimum absolute atomic E-state index is 0.0231. The van der Waals surface area contributed by atoms with Crippen LogP contribution in [0, 0.1) is 0 Å². The third-order valence-corrected chi connectivity index (χ3v) is 4.32. The number of sulfonamides is 1. The Morgan fingerprint density at radius 3 is 2.53 bits per heavy atom. The Bertz CT molecular complexity index is 420. The topological polar surface area (TPSA) is 78.5 Å². The lowest BCUT2D eigenvalue weighted by Gasteiger charge is -2.40. The second-order valence-corrected chi connectivity index (χ2v) is 7.48. The molecular formula is C12H25N3O3S. The van der Waals surface area contributed by atoms with Crippen LogP contribution in [0.25, 0.3) is 0 Å². The first-order valence-electron chi connectivity index (χ1n) is 6.62. The lowest BCUT2D eigenvalue weighted by Crippen LogP contribution is -2.58. The summed E-state index contributed by atoms with van der Waals surface area (Å²) in [6.07, 6.45) is 3.98. The predicted octanol–water partition coefficient (Wildman–Crippen LogP) is -0.0853. The first-order chi connectivity index (χ1) is 8.67. The van der Waals surface area contributed by atoms with Crippen LogP contribution in [0.1, 0.15) is 33.1 Å². The van der Waals surface area contributed by atoms with E-state index in [4.69, 9.17) is 0 Å². The maximum atomic E-state index is 12.5. The van der Waals surface area contributed by atoms with E-state index in [1.165, 1.54) is 0 Å². The third kappa shape index (κ3) is 4.74. The van der Waals surface area contributed by atoms with Crippen LogP contribution < -0.4 is 10.0 Å². The number of piperidine rings is 1. The number of amides is 1. The standard InChI is InChI=1S/C12H25N3O3S/c1-12(2,13-3)11(16)15-8-6-5-7-10(15)9-14-19(4,17)18/h10,13-14H,5-9H2,1-4H3. The van der Waals surface area contributed by atoms with Crippen molar-refractivity contribution in [1.82, 2.24) is 14.9 Å². The molecule has 1 amide bonds. The maximum Gasteiger partial charge on any atom is 0.242 e. The number of likely N-dealkylation sites (tertiary alicyclic amines) is 1. The van der Waals surface area contributed by atoms with Crippen LogP contribution in [0.3, 0.4) is 0 Å². The molecule has 1 fully saturated rings. The zero-order valence-electron chi connectivity index (χ0n) is 12.2. The maximum absolute atomic E-state index is 12.5. The number of likely N-dealkylation sites (N-methyl/N-ethyl adjacent to an activating group) is 1. The van der Waals surface area contributed by atoms with Gasteiger partial charge in [0.05, 0.1) is 11.8 Å². The summed E-state index contributed by atoms with van der Waals surface area (Å²) in [5.41, 5.74) is -0.624. The Morgan fingerprint density at radius 2 is 2.00 bits per heavy atom. The summed E-state index contributed by atoms with van der Waals surface area (Å²) >= 11 is 0. The smallest absolute Gasteiger partial charge is 0.242 e. The quantitative estimate of drug-likeness (QED) is 0.742. The molecule has 112 valence electrons. The molecule has 6 nitrogen and oxygen atoms in total. The minimum Gasteiger partial charge on any atom is -0.337 e. The fourth-order valence-electron chi connectivity index (χ4n) is 2.19. The molecule has 0 aromatic carbocycles. The van der Waals surface area contributed by atoms with Gasteiger partial charge in [-0.2, -0.15) is 0 Å². The van der Waals surface area contributed by atoms with Gasteiger partial charge in [-0.1, -0.05) is 0 Å². The van der Waals surface area contributed by atoms with Gasteiger partial charge in [0.15, 0.2) is 0 Å². The van der Waals surface area contributed by atoms with Gasteiger partial charge in [-0.25, -0.2) is 13.1 Å². The fourth-order valence-corrected chi connectivity index (χ4v) is 2.69. The SMILES string of the molecule is CNC(C)(C)C(=O)N1CCCCC1CNS(C)(=O)=O. The van der Waals surface area contributed by atoms with Crippen molar-refractivity contribution in [3.05, 3.63) is 0 Å². The Kier molecular flexibility index (Phi) is 5.34. The van der Waals surface area contributed by atoms with Gasteiger partial charge in [-0.15, -0.1) is 0 Å². The second-order valence-electron chi connectivity index (χ2n) is 5.64. The first kappa shape index (κ1) is 16.4. The molecule has 7 heteroatoms. The highest BCUT2D eigenvalue weighted by atomic mass is 32.2. The zero-order chi connectivity index (χ0) is 14.7. The van der Waals surface area contributed by atoms with E-state index in [2.05, 4.69) is 10.0 Å². The molecule has 1 heterocycles. The molecule has 1 unspecified atom stereocenters. The number of nitrogens with one attached hydrogen (secondary N) is 2. The van der Waals surface area contributed by atoms with E-state index in [1.54, 1.807) is 11.9 Å². The number of nitrogens with zero attached hydrogens (tertiary/aromatic N) is 1. The molecule has 1 saturated heterocycles. The lowest BCUT2D eigenvalue weighted by molar-refractivity contribution is -0.140. The van der Waals surface area contributed by atoms with Crippen molar-refractivity contribution < 1.29 is 13.2 Å². The molecule has 1 rings (SSSR count). The van der Waals surface area contributed by atoms with Gasteiger partial charge in [-0.05, 0) is 40.2 Å². The van der Waals surface area contributed by atoms with E-state index in [0.717, 1.165) is 25.5 Å². The van der Waals surface area contributed by atoms with Crippen molar-refractivity contribution in [2.24, 2.45) is 0 Å². The Balaban J connectivity index is 2.75. The average molecular weight is 291 g/mol. The molecule has 1 aliphatic rings. The van der Waals surface area contributed by atoms with Crippen molar-refractivity contribution in [1.29, 1.82) is 0 Å². The van der Waals surface area contributed by atoms with E-state index >= 15 is 0 Å². The lowest BCUT2D eigenvalue weighted by atomic mass is 9.97. The van der Waals surface area contributed by atoms with Crippen LogP contribution in [-0.2, 0) is 14.8 Å². The van der Waals surface area contributed by atoms with Crippen molar-refractivity contribution >= 4 is 15.9 Å².